The average molecular weight is 743 g/mol. The molecule has 0 saturated heterocycles. The number of fused-ring (bicyclic) bond motifs is 5. The number of aliphatic hydroxyl groups excluding tert-OH is 1. The van der Waals surface area contributed by atoms with E-state index >= 15 is 0 Å². The molecule has 0 heterocycles. The number of likely N-dealkylation sites (N-methyl/N-ethyl adjacent to an activating group) is 1. The van der Waals surface area contributed by atoms with Gasteiger partial charge in [-0.1, -0.05) is 123 Å². The third kappa shape index (κ3) is 13.7. The molecule has 4 aliphatic carbocycles. The predicted octanol–water partition coefficient (Wildman–Crippen LogP) is 12.1. The number of ether oxygens (including phenoxy) is 2. The molecule has 0 bridgehead atoms. The minimum absolute atomic E-state index is 0.0188. The third-order valence-electron chi connectivity index (χ3n) is 14.7. The zero-order valence-corrected chi connectivity index (χ0v) is 36.6. The largest absolute Gasteiger partial charge is 0.395 e. The summed E-state index contributed by atoms with van der Waals surface area (Å²) in [6.07, 6.45) is 37.6. The molecule has 3 fully saturated rings. The molecule has 3 N–H and O–H groups in total. The van der Waals surface area contributed by atoms with Crippen LogP contribution in [0, 0.1) is 34.5 Å². The highest BCUT2D eigenvalue weighted by Gasteiger charge is 2.63. The SMILES string of the molecule is CCCCC/C=C\CCCOCC(CO)N(C)C.CCCCCCCOC1CCC2(C)C(=CCC3(N)C2CCC2(C)C(CCCCC(C)C)CCC23)C1. The molecule has 3 saturated carbocycles. The Labute approximate surface area is 330 Å². The van der Waals surface area contributed by atoms with E-state index in [1.54, 1.807) is 5.57 Å². The number of aliphatic hydroxyl groups is 1. The Morgan fingerprint density at radius 1 is 0.849 bits per heavy atom. The quantitative estimate of drug-likeness (QED) is 0.0761. The fourth-order valence-corrected chi connectivity index (χ4v) is 11.1. The van der Waals surface area contributed by atoms with Gasteiger partial charge in [-0.05, 0) is 138 Å². The minimum Gasteiger partial charge on any atom is -0.395 e. The summed E-state index contributed by atoms with van der Waals surface area (Å²) in [6.45, 7) is 17.0. The lowest BCUT2D eigenvalue weighted by atomic mass is 9.44. The lowest BCUT2D eigenvalue weighted by Crippen LogP contribution is -2.66. The van der Waals surface area contributed by atoms with Crippen LogP contribution in [0.15, 0.2) is 23.8 Å². The second-order valence-electron chi connectivity index (χ2n) is 19.2. The first kappa shape index (κ1) is 46.7. The molecule has 53 heavy (non-hydrogen) atoms. The molecule has 4 rings (SSSR count). The Morgan fingerprint density at radius 3 is 2.26 bits per heavy atom. The van der Waals surface area contributed by atoms with Gasteiger partial charge in [-0.25, -0.2) is 0 Å². The van der Waals surface area contributed by atoms with Crippen molar-refractivity contribution in [2.45, 2.75) is 207 Å². The molecule has 0 radical (unpaired) electrons. The minimum atomic E-state index is 0.0188. The zero-order chi connectivity index (χ0) is 38.7. The van der Waals surface area contributed by atoms with Gasteiger partial charge in [-0.15, -0.1) is 0 Å². The topological polar surface area (TPSA) is 68.0 Å². The van der Waals surface area contributed by atoms with Crippen molar-refractivity contribution in [2.75, 3.05) is 40.5 Å². The van der Waals surface area contributed by atoms with E-state index in [0.717, 1.165) is 50.2 Å². The van der Waals surface area contributed by atoms with E-state index in [9.17, 15) is 0 Å². The summed E-state index contributed by atoms with van der Waals surface area (Å²) >= 11 is 0. The van der Waals surface area contributed by atoms with Crippen molar-refractivity contribution >= 4 is 0 Å². The van der Waals surface area contributed by atoms with Gasteiger partial charge in [-0.3, -0.25) is 0 Å². The van der Waals surface area contributed by atoms with Crippen molar-refractivity contribution in [1.29, 1.82) is 0 Å². The van der Waals surface area contributed by atoms with Crippen LogP contribution in [-0.4, -0.2) is 68.2 Å². The fraction of sp³-hybridized carbons (Fsp3) is 0.917. The first-order valence-electron chi connectivity index (χ1n) is 23.1. The van der Waals surface area contributed by atoms with Crippen LogP contribution >= 0.6 is 0 Å². The van der Waals surface area contributed by atoms with Gasteiger partial charge in [0.05, 0.1) is 25.4 Å². The summed E-state index contributed by atoms with van der Waals surface area (Å²) < 4.78 is 12.0. The molecule has 0 spiro atoms. The number of unbranched alkanes of at least 4 members (excludes halogenated alkanes) is 9. The standard InChI is InChI=1S/C33H59NO.C15H31NO2/c1-6-7-8-9-12-23-35-28-18-20-32(5)27(24-28)17-22-33(34)29-16-15-26(14-11-10-13-25(2)3)31(29,4)21-19-30(32)33;1-4-5-6-7-8-9-10-11-12-18-14-15(13-17)16(2)3/h17,25-26,28-30H,6-16,18-24,34H2,1-5H3;8-9,15,17H,4-7,10-14H2,1-3H3/b;9-8-. The van der Waals surface area contributed by atoms with Gasteiger partial charge in [0.2, 0.25) is 0 Å². The molecular weight excluding hydrogens is 653 g/mol. The van der Waals surface area contributed by atoms with E-state index < -0.39 is 0 Å². The first-order valence-corrected chi connectivity index (χ1v) is 23.1. The average Bonchev–Trinajstić information content (AvgIpc) is 3.47. The van der Waals surface area contributed by atoms with Crippen molar-refractivity contribution in [3.63, 3.8) is 0 Å². The van der Waals surface area contributed by atoms with Crippen LogP contribution in [0.4, 0.5) is 0 Å². The molecule has 4 aliphatic rings. The van der Waals surface area contributed by atoms with Crippen LogP contribution in [0.2, 0.25) is 0 Å². The summed E-state index contributed by atoms with van der Waals surface area (Å²) in [4.78, 5) is 1.99. The summed E-state index contributed by atoms with van der Waals surface area (Å²) in [5.41, 5.74) is 10.1. The predicted molar refractivity (Wildman–Crippen MR) is 228 cm³/mol. The molecule has 0 aromatic carbocycles. The van der Waals surface area contributed by atoms with Gasteiger partial charge >= 0.3 is 0 Å². The van der Waals surface area contributed by atoms with Gasteiger partial charge in [-0.2, -0.15) is 0 Å². The van der Waals surface area contributed by atoms with Crippen molar-refractivity contribution in [1.82, 2.24) is 4.90 Å². The Kier molecular flexibility index (Phi) is 21.3. The molecule has 5 nitrogen and oxygen atoms in total. The van der Waals surface area contributed by atoms with Gasteiger partial charge < -0.3 is 25.2 Å². The van der Waals surface area contributed by atoms with Crippen LogP contribution in [0.25, 0.3) is 0 Å². The highest BCUT2D eigenvalue weighted by Crippen LogP contribution is 2.67. The Bertz CT molecular complexity index is 1040. The number of hydrogen-bond donors (Lipinski definition) is 2. The summed E-state index contributed by atoms with van der Waals surface area (Å²) in [5.74, 6) is 3.14. The number of rotatable bonds is 24. The van der Waals surface area contributed by atoms with E-state index in [0.29, 0.717) is 29.5 Å². The Balaban J connectivity index is 0.000000357. The van der Waals surface area contributed by atoms with E-state index in [1.165, 1.54) is 128 Å². The van der Waals surface area contributed by atoms with Gasteiger partial charge in [0.25, 0.3) is 0 Å². The molecule has 310 valence electrons. The number of nitrogens with two attached hydrogens (primary N) is 1. The van der Waals surface area contributed by atoms with E-state index in [-0.39, 0.29) is 18.2 Å². The second-order valence-corrected chi connectivity index (χ2v) is 19.2. The Morgan fingerprint density at radius 2 is 1.57 bits per heavy atom. The van der Waals surface area contributed by atoms with E-state index in [2.05, 4.69) is 59.8 Å². The van der Waals surface area contributed by atoms with Crippen LogP contribution in [0.1, 0.15) is 189 Å². The van der Waals surface area contributed by atoms with Gasteiger partial charge in [0, 0.05) is 18.8 Å². The molecule has 0 aromatic heterocycles. The van der Waals surface area contributed by atoms with Crippen LogP contribution < -0.4 is 5.73 Å². The highest BCUT2D eigenvalue weighted by molar-refractivity contribution is 5.30. The number of allylic oxidation sites excluding steroid dienone is 2. The maximum Gasteiger partial charge on any atom is 0.0644 e. The molecular formula is C48H90N2O3. The normalized spacial score (nSPS) is 31.6. The van der Waals surface area contributed by atoms with Gasteiger partial charge in [0.15, 0.2) is 0 Å². The van der Waals surface area contributed by atoms with Crippen molar-refractivity contribution in [2.24, 2.45) is 40.2 Å². The lowest BCUT2D eigenvalue weighted by Gasteiger charge is -2.63. The maximum atomic E-state index is 9.11. The van der Waals surface area contributed by atoms with Crippen molar-refractivity contribution < 1.29 is 14.6 Å². The molecule has 8 unspecified atom stereocenters. The van der Waals surface area contributed by atoms with Crippen LogP contribution in [0.3, 0.4) is 0 Å². The second kappa shape index (κ2) is 24.1. The summed E-state index contributed by atoms with van der Waals surface area (Å²) in [5, 5.41) is 9.11. The number of nitrogens with zero attached hydrogens (tertiary/aromatic N) is 1. The van der Waals surface area contributed by atoms with E-state index in [4.69, 9.17) is 20.3 Å². The summed E-state index contributed by atoms with van der Waals surface area (Å²) in [6, 6.07) is 0.120. The van der Waals surface area contributed by atoms with Crippen LogP contribution in [0.5, 0.6) is 0 Å². The van der Waals surface area contributed by atoms with Crippen molar-refractivity contribution in [3.8, 4) is 0 Å². The summed E-state index contributed by atoms with van der Waals surface area (Å²) in [7, 11) is 3.92. The smallest absolute Gasteiger partial charge is 0.0644 e. The fourth-order valence-electron chi connectivity index (χ4n) is 11.1. The van der Waals surface area contributed by atoms with Crippen LogP contribution in [-0.2, 0) is 9.47 Å². The highest BCUT2D eigenvalue weighted by atomic mass is 16.5. The molecule has 0 aliphatic heterocycles. The monoisotopic (exact) mass is 743 g/mol. The third-order valence-corrected chi connectivity index (χ3v) is 14.7. The van der Waals surface area contributed by atoms with Gasteiger partial charge in [0.1, 0.15) is 0 Å². The maximum absolute atomic E-state index is 9.11. The molecule has 0 aromatic rings. The first-order chi connectivity index (χ1) is 25.5. The van der Waals surface area contributed by atoms with E-state index in [1.807, 2.05) is 19.0 Å². The number of hydrogen-bond acceptors (Lipinski definition) is 5. The van der Waals surface area contributed by atoms with Crippen molar-refractivity contribution in [3.05, 3.63) is 23.8 Å². The Hall–Kier alpha value is -0.720. The molecule has 8 atom stereocenters. The molecule has 0 amide bonds. The lowest BCUT2D eigenvalue weighted by molar-refractivity contribution is -0.0741. The molecule has 5 heteroatoms. The zero-order valence-electron chi connectivity index (χ0n) is 36.6.